The summed E-state index contributed by atoms with van der Waals surface area (Å²) in [4.78, 5) is 29.2. The summed E-state index contributed by atoms with van der Waals surface area (Å²) in [6.07, 6.45) is 4.86. The Bertz CT molecular complexity index is 1010. The standard InChI is InChI=1S/C24H34ClN5O4S/c1-23(2,3)34-22(31)28-6-4-24(5-7-28)15-30(9-11-33-24)21(29-8-10-32-20(25)14-29)18-12-17-19(35-18)13-26-16-27-17/h12-13,16,20-21H,4-11,14-15H2,1-3H3. The van der Waals surface area contributed by atoms with Gasteiger partial charge in [-0.2, -0.15) is 0 Å². The van der Waals surface area contributed by atoms with Crippen LogP contribution in [0.1, 0.15) is 44.7 Å². The second-order valence-electron chi connectivity index (χ2n) is 10.5. The monoisotopic (exact) mass is 523 g/mol. The molecular formula is C24H34ClN5O4S. The Kier molecular flexibility index (Phi) is 7.22. The zero-order valence-corrected chi connectivity index (χ0v) is 22.2. The molecule has 3 fully saturated rings. The molecule has 5 rings (SSSR count). The summed E-state index contributed by atoms with van der Waals surface area (Å²) < 4.78 is 18.7. The van der Waals surface area contributed by atoms with Crippen molar-refractivity contribution in [2.75, 3.05) is 52.5 Å². The highest BCUT2D eigenvalue weighted by molar-refractivity contribution is 7.19. The van der Waals surface area contributed by atoms with Crippen LogP contribution in [0.4, 0.5) is 4.79 Å². The van der Waals surface area contributed by atoms with E-state index in [0.29, 0.717) is 32.8 Å². The lowest BCUT2D eigenvalue weighted by Crippen LogP contribution is -2.60. The van der Waals surface area contributed by atoms with E-state index in [4.69, 9.17) is 25.8 Å². The minimum Gasteiger partial charge on any atom is -0.444 e. The number of alkyl halides is 1. The van der Waals surface area contributed by atoms with Gasteiger partial charge in [-0.15, -0.1) is 11.3 Å². The number of halogens is 1. The maximum Gasteiger partial charge on any atom is 0.410 e. The first-order valence-corrected chi connectivity index (χ1v) is 13.5. The van der Waals surface area contributed by atoms with Crippen LogP contribution in [0.2, 0.25) is 0 Å². The summed E-state index contributed by atoms with van der Waals surface area (Å²) >= 11 is 8.15. The average Bonchev–Trinajstić information content (AvgIpc) is 3.22. The number of amides is 1. The van der Waals surface area contributed by atoms with Crippen molar-refractivity contribution >= 4 is 39.2 Å². The molecule has 0 N–H and O–H groups in total. The van der Waals surface area contributed by atoms with Crippen LogP contribution in [-0.2, 0) is 14.2 Å². The maximum atomic E-state index is 12.6. The number of morpholine rings is 2. The Morgan fingerprint density at radius 2 is 2.00 bits per heavy atom. The minimum atomic E-state index is -0.495. The number of carbonyl (C=O) groups excluding carboxylic acids is 1. The molecule has 3 aliphatic rings. The molecule has 0 bridgehead atoms. The van der Waals surface area contributed by atoms with Gasteiger partial charge in [0.05, 0.1) is 35.2 Å². The van der Waals surface area contributed by atoms with Crippen molar-refractivity contribution in [2.45, 2.75) is 56.5 Å². The fourth-order valence-electron chi connectivity index (χ4n) is 5.18. The number of nitrogens with zero attached hydrogens (tertiary/aromatic N) is 5. The van der Waals surface area contributed by atoms with Crippen molar-refractivity contribution in [2.24, 2.45) is 0 Å². The largest absolute Gasteiger partial charge is 0.444 e. The third-order valence-electron chi connectivity index (χ3n) is 6.82. The van der Waals surface area contributed by atoms with Gasteiger partial charge < -0.3 is 19.1 Å². The number of likely N-dealkylation sites (tertiary alicyclic amines) is 1. The maximum absolute atomic E-state index is 12.6. The highest BCUT2D eigenvalue weighted by atomic mass is 35.5. The van der Waals surface area contributed by atoms with E-state index in [1.54, 1.807) is 22.6 Å². The molecule has 1 amide bonds. The van der Waals surface area contributed by atoms with Gasteiger partial charge in [-0.3, -0.25) is 9.80 Å². The van der Waals surface area contributed by atoms with E-state index in [0.717, 1.165) is 42.7 Å². The smallest absolute Gasteiger partial charge is 0.410 e. The Morgan fingerprint density at radius 3 is 2.71 bits per heavy atom. The Balaban J connectivity index is 1.34. The molecule has 35 heavy (non-hydrogen) atoms. The molecule has 11 heteroatoms. The van der Waals surface area contributed by atoms with Crippen molar-refractivity contribution in [3.63, 3.8) is 0 Å². The van der Waals surface area contributed by atoms with E-state index >= 15 is 0 Å². The van der Waals surface area contributed by atoms with Gasteiger partial charge in [-0.05, 0) is 39.7 Å². The van der Waals surface area contributed by atoms with E-state index in [2.05, 4.69) is 25.8 Å². The normalized spacial score (nSPS) is 25.1. The molecular weight excluding hydrogens is 490 g/mol. The van der Waals surface area contributed by atoms with Crippen molar-refractivity contribution in [3.8, 4) is 0 Å². The lowest BCUT2D eigenvalue weighted by atomic mass is 9.89. The summed E-state index contributed by atoms with van der Waals surface area (Å²) in [5.41, 5.74) is -0.134. The molecule has 2 atom stereocenters. The number of fused-ring (bicyclic) bond motifs is 1. The van der Waals surface area contributed by atoms with Crippen molar-refractivity contribution in [3.05, 3.63) is 23.5 Å². The van der Waals surface area contributed by atoms with Crippen molar-refractivity contribution < 1.29 is 19.0 Å². The summed E-state index contributed by atoms with van der Waals surface area (Å²) in [5, 5.41) is 0. The number of aromatic nitrogens is 2. The van der Waals surface area contributed by atoms with Gasteiger partial charge in [-0.25, -0.2) is 14.8 Å². The van der Waals surface area contributed by atoms with Gasteiger partial charge in [0.2, 0.25) is 0 Å². The number of rotatable bonds is 3. The third-order valence-corrected chi connectivity index (χ3v) is 8.18. The SMILES string of the molecule is CC(C)(C)OC(=O)N1CCC2(CC1)CN(C(c1cc3ncncc3s1)N1CCOC(Cl)C1)CCO2. The van der Waals surface area contributed by atoms with Crippen LogP contribution < -0.4 is 0 Å². The number of hydrogen-bond donors (Lipinski definition) is 0. The van der Waals surface area contributed by atoms with Gasteiger partial charge in [0.1, 0.15) is 17.5 Å². The van der Waals surface area contributed by atoms with Gasteiger partial charge >= 0.3 is 6.09 Å². The van der Waals surface area contributed by atoms with E-state index in [9.17, 15) is 4.79 Å². The molecule has 1 spiro atoms. The predicted octanol–water partition coefficient (Wildman–Crippen LogP) is 3.69. The van der Waals surface area contributed by atoms with Crippen LogP contribution in [0.15, 0.2) is 18.6 Å². The Labute approximate surface area is 215 Å². The number of ether oxygens (including phenoxy) is 3. The molecule has 9 nitrogen and oxygen atoms in total. The van der Waals surface area contributed by atoms with E-state index in [1.165, 1.54) is 4.88 Å². The summed E-state index contributed by atoms with van der Waals surface area (Å²) in [6.45, 7) is 11.3. The lowest BCUT2D eigenvalue weighted by molar-refractivity contribution is -0.162. The number of piperidine rings is 1. The minimum absolute atomic E-state index is 0.0593. The second kappa shape index (κ2) is 10.1. The summed E-state index contributed by atoms with van der Waals surface area (Å²) in [5.74, 6) is 0. The van der Waals surface area contributed by atoms with Gasteiger partial charge in [0.25, 0.3) is 0 Å². The molecule has 0 aliphatic carbocycles. The highest BCUT2D eigenvalue weighted by Crippen LogP contribution is 2.39. The molecule has 2 aromatic heterocycles. The predicted molar refractivity (Wildman–Crippen MR) is 135 cm³/mol. The Morgan fingerprint density at radius 1 is 1.23 bits per heavy atom. The summed E-state index contributed by atoms with van der Waals surface area (Å²) in [7, 11) is 0. The second-order valence-corrected chi connectivity index (χ2v) is 12.1. The van der Waals surface area contributed by atoms with Gasteiger partial charge in [0, 0.05) is 50.3 Å². The molecule has 3 saturated heterocycles. The van der Waals surface area contributed by atoms with Crippen LogP contribution in [0, 0.1) is 0 Å². The van der Waals surface area contributed by atoms with E-state index in [1.807, 2.05) is 27.0 Å². The number of hydrogen-bond acceptors (Lipinski definition) is 9. The van der Waals surface area contributed by atoms with Crippen LogP contribution in [0.3, 0.4) is 0 Å². The molecule has 0 radical (unpaired) electrons. The quantitative estimate of drug-likeness (QED) is 0.563. The molecule has 3 aliphatic heterocycles. The highest BCUT2D eigenvalue weighted by Gasteiger charge is 2.44. The first-order chi connectivity index (χ1) is 16.7. The average molecular weight is 524 g/mol. The number of thiophene rings is 1. The third kappa shape index (κ3) is 5.73. The van der Waals surface area contributed by atoms with Crippen LogP contribution in [0.5, 0.6) is 0 Å². The van der Waals surface area contributed by atoms with Gasteiger partial charge in [0.15, 0.2) is 0 Å². The lowest BCUT2D eigenvalue weighted by Gasteiger charge is -2.51. The van der Waals surface area contributed by atoms with Crippen molar-refractivity contribution in [1.29, 1.82) is 0 Å². The molecule has 192 valence electrons. The van der Waals surface area contributed by atoms with Crippen LogP contribution in [-0.4, -0.2) is 100 Å². The fourth-order valence-corrected chi connectivity index (χ4v) is 6.60. The first kappa shape index (κ1) is 25.1. The van der Waals surface area contributed by atoms with Gasteiger partial charge in [-0.1, -0.05) is 11.6 Å². The first-order valence-electron chi connectivity index (χ1n) is 12.3. The van der Waals surface area contributed by atoms with Crippen LogP contribution in [0.25, 0.3) is 10.2 Å². The van der Waals surface area contributed by atoms with E-state index in [-0.39, 0.29) is 23.4 Å². The topological polar surface area (TPSA) is 80.3 Å². The van der Waals surface area contributed by atoms with Crippen molar-refractivity contribution in [1.82, 2.24) is 24.7 Å². The molecule has 5 heterocycles. The zero-order valence-electron chi connectivity index (χ0n) is 20.6. The molecule has 0 saturated carbocycles. The van der Waals surface area contributed by atoms with Crippen LogP contribution >= 0.6 is 22.9 Å². The van der Waals surface area contributed by atoms with E-state index < -0.39 is 5.60 Å². The zero-order chi connectivity index (χ0) is 24.6. The fraction of sp³-hybridized carbons (Fsp3) is 0.708. The Hall–Kier alpha value is -1.56. The molecule has 2 aromatic rings. The summed E-state index contributed by atoms with van der Waals surface area (Å²) in [6, 6.07) is 2.18. The molecule has 0 aromatic carbocycles. The molecule has 2 unspecified atom stereocenters. The number of carbonyl (C=O) groups is 1.